The summed E-state index contributed by atoms with van der Waals surface area (Å²) < 4.78 is 5.55. The van der Waals surface area contributed by atoms with Crippen LogP contribution in [0.2, 0.25) is 0 Å². The number of nitrogens with zero attached hydrogens (tertiary/aromatic N) is 1. The summed E-state index contributed by atoms with van der Waals surface area (Å²) in [7, 11) is 0. The summed E-state index contributed by atoms with van der Waals surface area (Å²) in [5.41, 5.74) is 8.71. The summed E-state index contributed by atoms with van der Waals surface area (Å²) in [6.45, 7) is 8.10. The maximum absolute atomic E-state index is 5.96. The molecule has 2 aromatic rings. The van der Waals surface area contributed by atoms with Gasteiger partial charge in [0.15, 0.2) is 0 Å². The first-order valence-electron chi connectivity index (χ1n) is 6.73. The van der Waals surface area contributed by atoms with Gasteiger partial charge in [-0.3, -0.25) is 4.99 Å². The number of fused-ring (bicyclic) bond motifs is 1. The van der Waals surface area contributed by atoms with Crippen LogP contribution >= 0.6 is 0 Å². The largest absolute Gasteiger partial charge is 0.461 e. The topological polar surface area (TPSA) is 63.5 Å². The molecule has 1 aromatic carbocycles. The molecule has 0 spiro atoms. The second-order valence-electron chi connectivity index (χ2n) is 5.01. The number of benzene rings is 1. The van der Waals surface area contributed by atoms with Gasteiger partial charge in [-0.2, -0.15) is 0 Å². The molecule has 1 heterocycles. The molecule has 0 bridgehead atoms. The van der Waals surface area contributed by atoms with Gasteiger partial charge in [-0.1, -0.05) is 6.08 Å². The molecule has 0 saturated heterocycles. The van der Waals surface area contributed by atoms with Crippen molar-refractivity contribution in [3.05, 3.63) is 41.8 Å². The quantitative estimate of drug-likeness (QED) is 0.791. The van der Waals surface area contributed by atoms with Crippen molar-refractivity contribution in [1.82, 2.24) is 0 Å². The van der Waals surface area contributed by atoms with Gasteiger partial charge >= 0.3 is 0 Å². The number of nitrogens with one attached hydrogen (secondary N) is 1. The van der Waals surface area contributed by atoms with Gasteiger partial charge in [0.1, 0.15) is 11.3 Å². The van der Waals surface area contributed by atoms with E-state index in [2.05, 4.69) is 23.1 Å². The molecule has 4 nitrogen and oxygen atoms in total. The molecule has 0 aliphatic rings. The Kier molecular flexibility index (Phi) is 4.45. The number of anilines is 1. The molecule has 2 rings (SSSR count). The molecule has 1 atom stereocenters. The summed E-state index contributed by atoms with van der Waals surface area (Å²) in [6.07, 6.45) is 2.81. The summed E-state index contributed by atoms with van der Waals surface area (Å²) >= 11 is 0. The summed E-state index contributed by atoms with van der Waals surface area (Å²) in [4.78, 5) is 3.93. The van der Waals surface area contributed by atoms with Crippen molar-refractivity contribution < 1.29 is 4.42 Å². The van der Waals surface area contributed by atoms with Crippen LogP contribution < -0.4 is 11.1 Å². The number of aliphatic imine (C=N–C) groups is 1. The molecular weight excluding hydrogens is 250 g/mol. The van der Waals surface area contributed by atoms with E-state index in [1.807, 2.05) is 38.1 Å². The zero-order valence-corrected chi connectivity index (χ0v) is 12.0. The SMILES string of the molecule is C=NC(C)C/C=C(/N)CNc1ccc2oc(C)cc2c1. The van der Waals surface area contributed by atoms with Gasteiger partial charge in [0.25, 0.3) is 0 Å². The maximum atomic E-state index is 5.96. The van der Waals surface area contributed by atoms with Crippen molar-refractivity contribution in [3.63, 3.8) is 0 Å². The molecule has 0 amide bonds. The van der Waals surface area contributed by atoms with Gasteiger partial charge in [0, 0.05) is 22.8 Å². The summed E-state index contributed by atoms with van der Waals surface area (Å²) in [5, 5.41) is 4.40. The van der Waals surface area contributed by atoms with Gasteiger partial charge in [-0.15, -0.1) is 0 Å². The molecule has 1 unspecified atom stereocenters. The number of nitrogens with two attached hydrogens (primary N) is 1. The van der Waals surface area contributed by atoms with Crippen LogP contribution in [0.5, 0.6) is 0 Å². The normalized spacial score (nSPS) is 13.4. The van der Waals surface area contributed by atoms with Crippen LogP contribution in [0, 0.1) is 6.92 Å². The van der Waals surface area contributed by atoms with Crippen molar-refractivity contribution in [1.29, 1.82) is 0 Å². The van der Waals surface area contributed by atoms with Crippen LogP contribution in [-0.2, 0) is 0 Å². The van der Waals surface area contributed by atoms with Crippen LogP contribution in [0.1, 0.15) is 19.1 Å². The monoisotopic (exact) mass is 271 g/mol. The van der Waals surface area contributed by atoms with E-state index in [9.17, 15) is 0 Å². The predicted molar refractivity (Wildman–Crippen MR) is 85.3 cm³/mol. The zero-order chi connectivity index (χ0) is 14.5. The van der Waals surface area contributed by atoms with E-state index < -0.39 is 0 Å². The van der Waals surface area contributed by atoms with E-state index in [-0.39, 0.29) is 6.04 Å². The molecule has 1 aromatic heterocycles. The molecule has 0 radical (unpaired) electrons. The average Bonchev–Trinajstić information content (AvgIpc) is 2.81. The van der Waals surface area contributed by atoms with Crippen LogP contribution in [0.3, 0.4) is 0 Å². The second-order valence-corrected chi connectivity index (χ2v) is 5.01. The first-order chi connectivity index (χ1) is 9.58. The van der Waals surface area contributed by atoms with E-state index in [0.717, 1.165) is 34.5 Å². The van der Waals surface area contributed by atoms with Gasteiger partial charge in [0.2, 0.25) is 0 Å². The number of rotatable bonds is 6. The Morgan fingerprint density at radius 3 is 3.05 bits per heavy atom. The molecule has 0 aliphatic carbocycles. The van der Waals surface area contributed by atoms with Crippen molar-refractivity contribution in [2.45, 2.75) is 26.3 Å². The Bertz CT molecular complexity index is 628. The first-order valence-corrected chi connectivity index (χ1v) is 6.73. The van der Waals surface area contributed by atoms with E-state index in [0.29, 0.717) is 6.54 Å². The lowest BCUT2D eigenvalue weighted by Crippen LogP contribution is -2.12. The highest BCUT2D eigenvalue weighted by Gasteiger charge is 2.02. The van der Waals surface area contributed by atoms with Crippen molar-refractivity contribution in [2.24, 2.45) is 10.7 Å². The molecule has 20 heavy (non-hydrogen) atoms. The fourth-order valence-electron chi connectivity index (χ4n) is 1.96. The minimum absolute atomic E-state index is 0.207. The third-order valence-electron chi connectivity index (χ3n) is 3.17. The highest BCUT2D eigenvalue weighted by Crippen LogP contribution is 2.22. The maximum Gasteiger partial charge on any atom is 0.134 e. The molecule has 0 fully saturated rings. The smallest absolute Gasteiger partial charge is 0.134 e. The number of aryl methyl sites for hydroxylation is 1. The van der Waals surface area contributed by atoms with E-state index >= 15 is 0 Å². The summed E-state index contributed by atoms with van der Waals surface area (Å²) in [5.74, 6) is 0.919. The Morgan fingerprint density at radius 1 is 1.50 bits per heavy atom. The Morgan fingerprint density at radius 2 is 2.30 bits per heavy atom. The fourth-order valence-corrected chi connectivity index (χ4v) is 1.96. The van der Waals surface area contributed by atoms with Crippen molar-refractivity contribution >= 4 is 23.4 Å². The highest BCUT2D eigenvalue weighted by molar-refractivity contribution is 5.81. The predicted octanol–water partition coefficient (Wildman–Crippen LogP) is 3.47. The Balaban J connectivity index is 1.96. The fraction of sp³-hybridized carbons (Fsp3) is 0.312. The van der Waals surface area contributed by atoms with Crippen LogP contribution in [0.4, 0.5) is 5.69 Å². The molecule has 3 N–H and O–H groups in total. The third kappa shape index (κ3) is 3.63. The lowest BCUT2D eigenvalue weighted by Gasteiger charge is -2.07. The van der Waals surface area contributed by atoms with Crippen molar-refractivity contribution in [2.75, 3.05) is 11.9 Å². The van der Waals surface area contributed by atoms with Crippen LogP contribution in [0.15, 0.2) is 45.4 Å². The molecule has 4 heteroatoms. The van der Waals surface area contributed by atoms with Gasteiger partial charge in [-0.05, 0) is 51.3 Å². The second kappa shape index (κ2) is 6.28. The van der Waals surface area contributed by atoms with Crippen molar-refractivity contribution in [3.8, 4) is 0 Å². The minimum Gasteiger partial charge on any atom is -0.461 e. The molecule has 0 aliphatic heterocycles. The Labute approximate surface area is 119 Å². The number of furan rings is 1. The minimum atomic E-state index is 0.207. The van der Waals surface area contributed by atoms with Crippen LogP contribution in [-0.4, -0.2) is 19.3 Å². The summed E-state index contributed by atoms with van der Waals surface area (Å²) in [6, 6.07) is 8.25. The zero-order valence-electron chi connectivity index (χ0n) is 12.0. The average molecular weight is 271 g/mol. The first kappa shape index (κ1) is 14.2. The van der Waals surface area contributed by atoms with Gasteiger partial charge in [-0.25, -0.2) is 0 Å². The lowest BCUT2D eigenvalue weighted by atomic mass is 10.2. The Hall–Kier alpha value is -2.23. The number of hydrogen-bond donors (Lipinski definition) is 2. The number of hydrogen-bond acceptors (Lipinski definition) is 4. The lowest BCUT2D eigenvalue weighted by molar-refractivity contribution is 0.578. The molecular formula is C16H21N3O. The highest BCUT2D eigenvalue weighted by atomic mass is 16.3. The molecule has 0 saturated carbocycles. The van der Waals surface area contributed by atoms with E-state index in [4.69, 9.17) is 10.2 Å². The van der Waals surface area contributed by atoms with Gasteiger partial charge < -0.3 is 15.5 Å². The van der Waals surface area contributed by atoms with E-state index in [1.165, 1.54) is 0 Å². The molecule has 106 valence electrons. The van der Waals surface area contributed by atoms with Gasteiger partial charge in [0.05, 0.1) is 6.54 Å². The van der Waals surface area contributed by atoms with Crippen LogP contribution in [0.25, 0.3) is 11.0 Å². The van der Waals surface area contributed by atoms with E-state index in [1.54, 1.807) is 0 Å². The standard InChI is InChI=1S/C16H21N3O/c1-11(18-3)4-5-14(17)10-19-15-6-7-16-13(9-15)8-12(2)20-16/h5-9,11,19H,3-4,10,17H2,1-2H3/b14-5+. The third-order valence-corrected chi connectivity index (χ3v) is 3.17.